The van der Waals surface area contributed by atoms with Crippen molar-refractivity contribution < 1.29 is 14.3 Å². The second kappa shape index (κ2) is 16.3. The molecule has 2 aromatic carbocycles. The van der Waals surface area contributed by atoms with E-state index in [1.54, 1.807) is 0 Å². The molecule has 0 spiro atoms. The van der Waals surface area contributed by atoms with E-state index in [1.807, 2.05) is 48.3 Å². The van der Waals surface area contributed by atoms with Crippen LogP contribution in [-0.4, -0.2) is 30.4 Å². The normalized spacial score (nSPS) is 25.0. The Balaban J connectivity index is 1.13. The van der Waals surface area contributed by atoms with Crippen molar-refractivity contribution in [2.45, 2.75) is 129 Å². The number of ether oxygens (including phenoxy) is 1. The third-order valence-electron chi connectivity index (χ3n) is 12.0. The van der Waals surface area contributed by atoms with Crippen molar-refractivity contribution in [2.75, 3.05) is 13.6 Å². The van der Waals surface area contributed by atoms with Gasteiger partial charge in [-0.1, -0.05) is 102 Å². The summed E-state index contributed by atoms with van der Waals surface area (Å²) in [6.07, 6.45) is 20.3. The molecule has 0 aromatic heterocycles. The van der Waals surface area contributed by atoms with Crippen LogP contribution in [0.2, 0.25) is 0 Å². The van der Waals surface area contributed by atoms with Gasteiger partial charge in [0, 0.05) is 20.0 Å². The average Bonchev–Trinajstić information content (AvgIpc) is 3.37. The lowest BCUT2D eigenvalue weighted by Gasteiger charge is -2.53. The molecule has 2 saturated carbocycles. The smallest absolute Gasteiger partial charge is 0.343 e. The number of esters is 1. The van der Waals surface area contributed by atoms with Crippen molar-refractivity contribution in [3.8, 4) is 5.75 Å². The van der Waals surface area contributed by atoms with Crippen molar-refractivity contribution in [2.24, 2.45) is 23.2 Å². The molecular formula is C42H59NO3. The molecule has 2 aromatic rings. The molecule has 0 radical (unpaired) electrons. The molecule has 0 saturated heterocycles. The largest absolute Gasteiger partial charge is 0.423 e. The molecule has 0 N–H and O–H groups in total. The molecule has 3 aliphatic rings. The maximum atomic E-state index is 12.8. The molecule has 3 aliphatic carbocycles. The average molecular weight is 626 g/mol. The number of allylic oxidation sites excluding steroid dienone is 1. The van der Waals surface area contributed by atoms with E-state index in [1.165, 1.54) is 93.7 Å². The zero-order valence-electron chi connectivity index (χ0n) is 29.0. The molecule has 1 amide bonds. The van der Waals surface area contributed by atoms with Crippen molar-refractivity contribution in [1.29, 1.82) is 0 Å². The number of unbranched alkanes of at least 4 members (excludes halogenated alkanes) is 8. The second-order valence-corrected chi connectivity index (χ2v) is 15.0. The zero-order chi connectivity index (χ0) is 32.5. The van der Waals surface area contributed by atoms with Gasteiger partial charge in [0.2, 0.25) is 5.91 Å². The summed E-state index contributed by atoms with van der Waals surface area (Å²) in [6, 6.07) is 15.8. The highest BCUT2D eigenvalue weighted by Crippen LogP contribution is 2.64. The molecule has 250 valence electrons. The number of nitrogens with zero attached hydrogens (tertiary/aromatic N) is 1. The van der Waals surface area contributed by atoms with Crippen LogP contribution in [-0.2, 0) is 11.2 Å². The Morgan fingerprint density at radius 2 is 1.65 bits per heavy atom. The molecule has 4 heteroatoms. The van der Waals surface area contributed by atoms with Gasteiger partial charge >= 0.3 is 5.97 Å². The van der Waals surface area contributed by atoms with Crippen LogP contribution >= 0.6 is 0 Å². The van der Waals surface area contributed by atoms with E-state index in [-0.39, 0.29) is 5.97 Å². The summed E-state index contributed by atoms with van der Waals surface area (Å²) in [6.45, 7) is 10.1. The Morgan fingerprint density at radius 1 is 0.935 bits per heavy atom. The van der Waals surface area contributed by atoms with Gasteiger partial charge in [-0.05, 0) is 116 Å². The first-order chi connectivity index (χ1) is 22.3. The summed E-state index contributed by atoms with van der Waals surface area (Å²) >= 11 is 0. The highest BCUT2D eigenvalue weighted by Gasteiger charge is 2.54. The number of carbonyl (C=O) groups excluding carboxylic acids is 2. The van der Waals surface area contributed by atoms with Crippen LogP contribution < -0.4 is 4.74 Å². The molecule has 0 bridgehead atoms. The van der Waals surface area contributed by atoms with Crippen LogP contribution in [0.1, 0.15) is 144 Å². The zero-order valence-corrected chi connectivity index (χ0v) is 29.0. The monoisotopic (exact) mass is 625 g/mol. The van der Waals surface area contributed by atoms with Gasteiger partial charge in [0.25, 0.3) is 0 Å². The van der Waals surface area contributed by atoms with Gasteiger partial charge in [0.1, 0.15) is 5.75 Å². The minimum Gasteiger partial charge on any atom is -0.423 e. The Morgan fingerprint density at radius 3 is 2.39 bits per heavy atom. The third kappa shape index (κ3) is 8.15. The Hall–Kier alpha value is -2.88. The molecule has 46 heavy (non-hydrogen) atoms. The molecule has 5 atom stereocenters. The molecule has 5 rings (SSSR count). The van der Waals surface area contributed by atoms with Crippen molar-refractivity contribution >= 4 is 11.9 Å². The molecule has 0 heterocycles. The van der Waals surface area contributed by atoms with Gasteiger partial charge in [-0.3, -0.25) is 4.79 Å². The van der Waals surface area contributed by atoms with Gasteiger partial charge in [0.05, 0.1) is 5.56 Å². The lowest BCUT2D eigenvalue weighted by atomic mass is 9.52. The Kier molecular flexibility index (Phi) is 12.2. The van der Waals surface area contributed by atoms with Gasteiger partial charge in [-0.25, -0.2) is 4.79 Å². The van der Waals surface area contributed by atoms with E-state index in [9.17, 15) is 9.59 Å². The van der Waals surface area contributed by atoms with Crippen LogP contribution in [0.15, 0.2) is 60.7 Å². The van der Waals surface area contributed by atoms with Crippen molar-refractivity contribution in [1.82, 2.24) is 4.90 Å². The van der Waals surface area contributed by atoms with E-state index in [2.05, 4.69) is 32.6 Å². The molecule has 3 unspecified atom stereocenters. The van der Waals surface area contributed by atoms with Gasteiger partial charge in [-0.15, -0.1) is 0 Å². The maximum Gasteiger partial charge on any atom is 0.343 e. The van der Waals surface area contributed by atoms with E-state index >= 15 is 0 Å². The second-order valence-electron chi connectivity index (χ2n) is 15.0. The number of hydrogen-bond donors (Lipinski definition) is 0. The topological polar surface area (TPSA) is 46.6 Å². The minimum absolute atomic E-state index is 0.285. The molecule has 2 fully saturated rings. The quantitative estimate of drug-likeness (QED) is 0.0807. The van der Waals surface area contributed by atoms with E-state index in [0.717, 1.165) is 44.1 Å². The number of amides is 1. The summed E-state index contributed by atoms with van der Waals surface area (Å²) in [5.74, 6) is 3.46. The number of hydrogen-bond acceptors (Lipinski definition) is 3. The fraction of sp³-hybridized carbons (Fsp3) is 0.619. The Labute approximate surface area is 279 Å². The number of rotatable bonds is 16. The summed E-state index contributed by atoms with van der Waals surface area (Å²) in [5.41, 5.74) is 5.30. The summed E-state index contributed by atoms with van der Waals surface area (Å²) < 4.78 is 5.86. The van der Waals surface area contributed by atoms with E-state index < -0.39 is 0 Å². The predicted octanol–water partition coefficient (Wildman–Crippen LogP) is 10.7. The summed E-state index contributed by atoms with van der Waals surface area (Å²) in [4.78, 5) is 27.0. The van der Waals surface area contributed by atoms with Gasteiger partial charge in [-0.2, -0.15) is 0 Å². The van der Waals surface area contributed by atoms with Crippen molar-refractivity contribution in [3.63, 3.8) is 0 Å². The molecule has 4 nitrogen and oxygen atoms in total. The van der Waals surface area contributed by atoms with Crippen LogP contribution in [0.25, 0.3) is 0 Å². The van der Waals surface area contributed by atoms with Crippen LogP contribution in [0, 0.1) is 23.2 Å². The maximum absolute atomic E-state index is 12.8. The Bertz CT molecular complexity index is 1320. The van der Waals surface area contributed by atoms with E-state index in [0.29, 0.717) is 40.9 Å². The number of benzene rings is 2. The lowest BCUT2D eigenvalue weighted by molar-refractivity contribution is -0.130. The standard InChI is InChI=1S/C42H59NO3/c1-5-6-28-43(4)39(44)21-17-12-10-8-7-9-11-14-20-33-29-34-30-35(46-41(45)32-18-15-13-16-19-32)23-24-36(34)37-26-27-42(3)31(2)22-25-38(42)40(33)37/h13,15-16,18-19,23-24,30,33,37-38,40H,2,5-12,14,17,20-22,25-29H2,1,3-4H3/t33-,37?,38?,40?,42-/m1/s1. The summed E-state index contributed by atoms with van der Waals surface area (Å²) in [7, 11) is 1.95. The first-order valence-electron chi connectivity index (χ1n) is 18.6. The fourth-order valence-electron chi connectivity index (χ4n) is 9.22. The fourth-order valence-corrected chi connectivity index (χ4v) is 9.22. The van der Waals surface area contributed by atoms with Crippen LogP contribution in [0.5, 0.6) is 5.75 Å². The highest BCUT2D eigenvalue weighted by atomic mass is 16.5. The minimum atomic E-state index is -0.285. The first-order valence-corrected chi connectivity index (χ1v) is 18.6. The lowest BCUT2D eigenvalue weighted by Crippen LogP contribution is -2.44. The molecular weight excluding hydrogens is 566 g/mol. The highest BCUT2D eigenvalue weighted by molar-refractivity contribution is 5.91. The third-order valence-corrected chi connectivity index (χ3v) is 12.0. The number of carbonyl (C=O) groups is 2. The van der Waals surface area contributed by atoms with E-state index in [4.69, 9.17) is 4.74 Å². The van der Waals surface area contributed by atoms with Gasteiger partial charge < -0.3 is 9.64 Å². The van der Waals surface area contributed by atoms with Crippen LogP contribution in [0.4, 0.5) is 0 Å². The molecule has 0 aliphatic heterocycles. The SMILES string of the molecule is C=C1CCC2C3C(CC[C@]12C)c1ccc(OC(=O)c2ccccc2)cc1C[C@H]3CCCCCCCCCCC(=O)N(C)CCCC. The predicted molar refractivity (Wildman–Crippen MR) is 189 cm³/mol. The van der Waals surface area contributed by atoms with Gasteiger partial charge in [0.15, 0.2) is 0 Å². The van der Waals surface area contributed by atoms with Crippen molar-refractivity contribution in [3.05, 3.63) is 77.4 Å². The number of fused-ring (bicyclic) bond motifs is 5. The van der Waals surface area contributed by atoms with Crippen LogP contribution in [0.3, 0.4) is 0 Å². The summed E-state index contributed by atoms with van der Waals surface area (Å²) in [5, 5.41) is 0. The first kappa shape index (κ1) is 34.5.